The second-order valence-electron chi connectivity index (χ2n) is 6.62. The van der Waals surface area contributed by atoms with Crippen LogP contribution in [0.4, 0.5) is 19.1 Å². The number of rotatable bonds is 2. The number of ether oxygens (including phenoxy) is 1. The average Bonchev–Trinajstić information content (AvgIpc) is 2.97. The molecule has 0 spiro atoms. The first kappa shape index (κ1) is 16.7. The average molecular weight is 353 g/mol. The first-order valence-corrected chi connectivity index (χ1v) is 8.47. The van der Waals surface area contributed by atoms with Crippen LogP contribution in [0.2, 0.25) is 0 Å². The van der Waals surface area contributed by atoms with Gasteiger partial charge in [-0.1, -0.05) is 0 Å². The second kappa shape index (κ2) is 6.49. The van der Waals surface area contributed by atoms with E-state index in [0.717, 1.165) is 18.6 Å². The lowest BCUT2D eigenvalue weighted by Crippen LogP contribution is -2.50. The summed E-state index contributed by atoms with van der Waals surface area (Å²) in [6.07, 6.45) is 2.10. The second-order valence-corrected chi connectivity index (χ2v) is 6.62. The van der Waals surface area contributed by atoms with Gasteiger partial charge in [0.2, 0.25) is 5.95 Å². The van der Waals surface area contributed by atoms with E-state index in [0.29, 0.717) is 49.7 Å². The number of hydrogen-bond donors (Lipinski definition) is 1. The zero-order chi connectivity index (χ0) is 17.6. The van der Waals surface area contributed by atoms with Crippen molar-refractivity contribution < 1.29 is 17.9 Å². The number of hydrogen-bond acceptors (Lipinski definition) is 4. The highest BCUT2D eigenvalue weighted by Gasteiger charge is 2.31. The summed E-state index contributed by atoms with van der Waals surface area (Å²) in [6, 6.07) is 1.50. The molecule has 4 rings (SSSR count). The van der Waals surface area contributed by atoms with Gasteiger partial charge in [-0.15, -0.1) is 0 Å². The molecule has 1 radical (unpaired) electrons. The summed E-state index contributed by atoms with van der Waals surface area (Å²) in [5.41, 5.74) is 6.73. The summed E-state index contributed by atoms with van der Waals surface area (Å²) in [5.74, 6) is -1.31. The lowest BCUT2D eigenvalue weighted by atomic mass is 10.0. The number of halogens is 3. The predicted octanol–water partition coefficient (Wildman–Crippen LogP) is 2.36. The summed E-state index contributed by atoms with van der Waals surface area (Å²) in [4.78, 5) is 6.39. The van der Waals surface area contributed by atoms with E-state index in [-0.39, 0.29) is 6.04 Å². The van der Waals surface area contributed by atoms with Gasteiger partial charge in [0.15, 0.2) is 11.6 Å². The van der Waals surface area contributed by atoms with Gasteiger partial charge in [0, 0.05) is 31.8 Å². The predicted molar refractivity (Wildman–Crippen MR) is 88.1 cm³/mol. The van der Waals surface area contributed by atoms with E-state index in [1.54, 1.807) is 0 Å². The Labute approximate surface area is 143 Å². The van der Waals surface area contributed by atoms with E-state index in [1.807, 2.05) is 9.47 Å². The van der Waals surface area contributed by atoms with Gasteiger partial charge in [-0.3, -0.25) is 0 Å². The van der Waals surface area contributed by atoms with Crippen LogP contribution < -0.4 is 10.6 Å². The third kappa shape index (κ3) is 2.97. The van der Waals surface area contributed by atoms with Gasteiger partial charge < -0.3 is 19.9 Å². The van der Waals surface area contributed by atoms with Crippen LogP contribution in [-0.2, 0) is 4.74 Å². The molecular formula is C17H20F3N4O. The number of benzene rings is 1. The van der Waals surface area contributed by atoms with Gasteiger partial charge in [0.05, 0.1) is 29.7 Å². The van der Waals surface area contributed by atoms with Gasteiger partial charge >= 0.3 is 0 Å². The Morgan fingerprint density at radius 2 is 2.04 bits per heavy atom. The van der Waals surface area contributed by atoms with Gasteiger partial charge in [0.1, 0.15) is 6.17 Å². The first-order chi connectivity index (χ1) is 12.0. The maximum absolute atomic E-state index is 13.8. The lowest BCUT2D eigenvalue weighted by molar-refractivity contribution is 0.0862. The molecule has 3 atom stereocenters. The molecule has 0 saturated carbocycles. The van der Waals surface area contributed by atoms with E-state index >= 15 is 0 Å². The Morgan fingerprint density at radius 3 is 2.76 bits per heavy atom. The Hall–Kier alpha value is -1.80. The van der Waals surface area contributed by atoms with Crippen molar-refractivity contribution >= 4 is 17.0 Å². The van der Waals surface area contributed by atoms with E-state index in [4.69, 9.17) is 10.5 Å². The maximum atomic E-state index is 13.8. The number of aromatic nitrogens is 2. The van der Waals surface area contributed by atoms with E-state index in [1.165, 1.54) is 0 Å². The molecule has 0 unspecified atom stereocenters. The molecule has 2 aromatic rings. The number of nitrogens with zero attached hydrogens (tertiary/aromatic N) is 3. The van der Waals surface area contributed by atoms with Gasteiger partial charge in [-0.05, 0) is 19.3 Å². The molecule has 135 valence electrons. The van der Waals surface area contributed by atoms with Crippen molar-refractivity contribution in [3.05, 3.63) is 30.2 Å². The molecule has 2 aliphatic rings. The summed E-state index contributed by atoms with van der Waals surface area (Å²) < 4.78 is 48.6. The molecule has 2 saturated heterocycles. The Kier molecular flexibility index (Phi) is 4.33. The number of imidazole rings is 1. The Morgan fingerprint density at radius 1 is 1.24 bits per heavy atom. The van der Waals surface area contributed by atoms with E-state index in [9.17, 15) is 13.2 Å². The number of anilines is 1. The van der Waals surface area contributed by atoms with Gasteiger partial charge in [0.25, 0.3) is 0 Å². The normalized spacial score (nSPS) is 27.8. The fraction of sp³-hybridized carbons (Fsp3) is 0.529. The summed E-state index contributed by atoms with van der Waals surface area (Å²) in [5, 5.41) is 0. The summed E-state index contributed by atoms with van der Waals surface area (Å²) >= 11 is 0. The molecule has 8 heteroatoms. The number of fused-ring (bicyclic) bond motifs is 1. The van der Waals surface area contributed by atoms with Crippen molar-refractivity contribution in [2.75, 3.05) is 31.2 Å². The molecule has 25 heavy (non-hydrogen) atoms. The highest BCUT2D eigenvalue weighted by molar-refractivity contribution is 5.79. The third-order valence-electron chi connectivity index (χ3n) is 4.89. The molecule has 1 aromatic carbocycles. The molecule has 2 aliphatic heterocycles. The molecule has 0 bridgehead atoms. The lowest BCUT2D eigenvalue weighted by Gasteiger charge is -2.35. The quantitative estimate of drug-likeness (QED) is 0.901. The van der Waals surface area contributed by atoms with Crippen LogP contribution in [0.1, 0.15) is 18.9 Å². The zero-order valence-electron chi connectivity index (χ0n) is 13.7. The smallest absolute Gasteiger partial charge is 0.206 e. The molecule has 2 N–H and O–H groups in total. The standard InChI is InChI=1S/C17H20F3N4O/c18-11-3-4-23(8-14(11)21)17-22-15-6-12(19)13(20)7-16(15)24(17)10-2-1-5-25-9-10/h2,6-7,10-11,14H,1,3-5,8-9,21H2/t10-,11+,14+/m0/s1. The third-order valence-corrected chi connectivity index (χ3v) is 4.89. The van der Waals surface area contributed by atoms with Crippen molar-refractivity contribution in [1.29, 1.82) is 0 Å². The zero-order valence-corrected chi connectivity index (χ0v) is 13.7. The van der Waals surface area contributed by atoms with Gasteiger partial charge in [-0.25, -0.2) is 18.2 Å². The highest BCUT2D eigenvalue weighted by Crippen LogP contribution is 2.33. The Bertz CT molecular complexity index is 775. The first-order valence-electron chi connectivity index (χ1n) is 8.47. The van der Waals surface area contributed by atoms with Crippen LogP contribution in [0.3, 0.4) is 0 Å². The monoisotopic (exact) mass is 353 g/mol. The number of alkyl halides is 1. The maximum Gasteiger partial charge on any atom is 0.206 e. The largest absolute Gasteiger partial charge is 0.379 e. The minimum Gasteiger partial charge on any atom is -0.379 e. The highest BCUT2D eigenvalue weighted by atomic mass is 19.2. The SMILES string of the molecule is N[C@@H]1CN(c2nc3cc(F)c(F)cc3n2[C@H]2[CH]CCOC2)CC[C@H]1F. The van der Waals surface area contributed by atoms with Crippen LogP contribution in [0.5, 0.6) is 0 Å². The fourth-order valence-corrected chi connectivity index (χ4v) is 3.56. The molecule has 0 amide bonds. The minimum absolute atomic E-state index is 0.141. The van der Waals surface area contributed by atoms with E-state index < -0.39 is 23.8 Å². The summed E-state index contributed by atoms with van der Waals surface area (Å²) in [6.45, 7) is 1.84. The van der Waals surface area contributed by atoms with Crippen molar-refractivity contribution in [3.63, 3.8) is 0 Å². The molecule has 3 heterocycles. The van der Waals surface area contributed by atoms with Crippen LogP contribution in [0.25, 0.3) is 11.0 Å². The molecule has 2 fully saturated rings. The topological polar surface area (TPSA) is 56.3 Å². The minimum atomic E-state index is -1.05. The fourth-order valence-electron chi connectivity index (χ4n) is 3.56. The Balaban J connectivity index is 1.81. The van der Waals surface area contributed by atoms with Crippen LogP contribution in [0, 0.1) is 18.1 Å². The van der Waals surface area contributed by atoms with Crippen LogP contribution in [-0.4, -0.2) is 48.1 Å². The van der Waals surface area contributed by atoms with Crippen LogP contribution in [0.15, 0.2) is 12.1 Å². The van der Waals surface area contributed by atoms with Crippen molar-refractivity contribution in [3.8, 4) is 0 Å². The molecule has 5 nitrogen and oxygen atoms in total. The number of piperidine rings is 1. The summed E-state index contributed by atoms with van der Waals surface area (Å²) in [7, 11) is 0. The van der Waals surface area contributed by atoms with E-state index in [2.05, 4.69) is 11.4 Å². The van der Waals surface area contributed by atoms with Crippen LogP contribution >= 0.6 is 0 Å². The van der Waals surface area contributed by atoms with Crippen molar-refractivity contribution in [2.45, 2.75) is 31.1 Å². The molecule has 1 aromatic heterocycles. The number of nitrogens with two attached hydrogens (primary N) is 1. The van der Waals surface area contributed by atoms with Gasteiger partial charge in [-0.2, -0.15) is 0 Å². The molecular weight excluding hydrogens is 333 g/mol. The molecule has 0 aliphatic carbocycles. The van der Waals surface area contributed by atoms with Crippen molar-refractivity contribution in [2.24, 2.45) is 5.73 Å². The van der Waals surface area contributed by atoms with Crippen molar-refractivity contribution in [1.82, 2.24) is 9.55 Å².